The van der Waals surface area contributed by atoms with Crippen LogP contribution in [0, 0.1) is 0 Å². The highest BCUT2D eigenvalue weighted by Crippen LogP contribution is 2.21. The fourth-order valence-corrected chi connectivity index (χ4v) is 1.72. The average molecular weight is 298 g/mol. The first kappa shape index (κ1) is 12.1. The van der Waals surface area contributed by atoms with Crippen LogP contribution in [0.15, 0.2) is 35.3 Å². The number of pyridine rings is 1. The molecular formula is C12H12BrNO3. The number of aliphatic hydroxyl groups is 1. The minimum absolute atomic E-state index is 0.144. The van der Waals surface area contributed by atoms with E-state index in [1.807, 2.05) is 12.1 Å². The second kappa shape index (κ2) is 5.33. The lowest BCUT2D eigenvalue weighted by atomic mass is 10.1. The molecule has 2 aromatic rings. The van der Waals surface area contributed by atoms with Gasteiger partial charge in [0.05, 0.1) is 11.5 Å². The number of ether oxygens (including phenoxy) is 1. The van der Waals surface area contributed by atoms with Crippen LogP contribution in [0.25, 0.3) is 10.8 Å². The minimum Gasteiger partial charge on any atom is -0.489 e. The van der Waals surface area contributed by atoms with Gasteiger partial charge in [0.2, 0.25) is 0 Å². The molecular weight excluding hydrogens is 286 g/mol. The molecule has 0 radical (unpaired) electrons. The van der Waals surface area contributed by atoms with Crippen molar-refractivity contribution in [3.8, 4) is 5.75 Å². The molecule has 90 valence electrons. The van der Waals surface area contributed by atoms with Gasteiger partial charge in [0, 0.05) is 16.9 Å². The molecule has 1 aromatic carbocycles. The lowest BCUT2D eigenvalue weighted by Gasteiger charge is -2.11. The minimum atomic E-state index is -0.569. The molecule has 2 N–H and O–H groups in total. The lowest BCUT2D eigenvalue weighted by Crippen LogP contribution is -2.19. The van der Waals surface area contributed by atoms with E-state index >= 15 is 0 Å². The first-order valence-corrected chi connectivity index (χ1v) is 6.32. The number of nitrogens with one attached hydrogen (secondary N) is 1. The van der Waals surface area contributed by atoms with Crippen LogP contribution in [0.4, 0.5) is 0 Å². The molecule has 0 bridgehead atoms. The summed E-state index contributed by atoms with van der Waals surface area (Å²) < 4.78 is 5.48. The van der Waals surface area contributed by atoms with Crippen LogP contribution < -0.4 is 10.3 Å². The largest absolute Gasteiger partial charge is 0.489 e. The Bertz CT molecular complexity index is 567. The zero-order chi connectivity index (χ0) is 12.3. The van der Waals surface area contributed by atoms with Gasteiger partial charge < -0.3 is 14.8 Å². The van der Waals surface area contributed by atoms with Gasteiger partial charge in [-0.25, -0.2) is 0 Å². The summed E-state index contributed by atoms with van der Waals surface area (Å²) in [5, 5.41) is 11.2. The summed E-state index contributed by atoms with van der Waals surface area (Å²) in [5.74, 6) is 0.570. The van der Waals surface area contributed by atoms with Crippen molar-refractivity contribution in [2.45, 2.75) is 6.10 Å². The number of fused-ring (bicyclic) bond motifs is 1. The van der Waals surface area contributed by atoms with Crippen molar-refractivity contribution in [1.29, 1.82) is 0 Å². The van der Waals surface area contributed by atoms with Crippen LogP contribution in [-0.4, -0.2) is 28.1 Å². The molecule has 1 heterocycles. The average Bonchev–Trinajstić information content (AvgIpc) is 2.38. The molecule has 0 fully saturated rings. The molecule has 0 aliphatic rings. The Kier molecular flexibility index (Phi) is 3.81. The SMILES string of the molecule is O=c1[nH]cc(OCC(O)CBr)c2ccccc12. The van der Waals surface area contributed by atoms with Gasteiger partial charge in [-0.3, -0.25) is 4.79 Å². The highest BCUT2D eigenvalue weighted by atomic mass is 79.9. The topological polar surface area (TPSA) is 62.3 Å². The van der Waals surface area contributed by atoms with E-state index in [0.717, 1.165) is 5.39 Å². The molecule has 1 aromatic heterocycles. The van der Waals surface area contributed by atoms with Crippen LogP contribution in [0.2, 0.25) is 0 Å². The van der Waals surface area contributed by atoms with Crippen LogP contribution in [-0.2, 0) is 0 Å². The molecule has 1 atom stereocenters. The maximum atomic E-state index is 11.6. The van der Waals surface area contributed by atoms with Crippen molar-refractivity contribution in [3.63, 3.8) is 0 Å². The van der Waals surface area contributed by atoms with Crippen molar-refractivity contribution in [2.24, 2.45) is 0 Å². The van der Waals surface area contributed by atoms with Crippen LogP contribution in [0.5, 0.6) is 5.75 Å². The number of rotatable bonds is 4. The zero-order valence-electron chi connectivity index (χ0n) is 9.02. The van der Waals surface area contributed by atoms with E-state index in [9.17, 15) is 9.90 Å². The number of aliphatic hydroxyl groups excluding tert-OH is 1. The van der Waals surface area contributed by atoms with Crippen molar-refractivity contribution >= 4 is 26.7 Å². The van der Waals surface area contributed by atoms with Gasteiger partial charge >= 0.3 is 0 Å². The smallest absolute Gasteiger partial charge is 0.256 e. The van der Waals surface area contributed by atoms with Gasteiger partial charge in [-0.05, 0) is 6.07 Å². The first-order valence-electron chi connectivity index (χ1n) is 5.19. The Morgan fingerprint density at radius 1 is 1.35 bits per heavy atom. The van der Waals surface area contributed by atoms with Crippen LogP contribution in [0.3, 0.4) is 0 Å². The number of aromatic amines is 1. The molecule has 0 saturated carbocycles. The number of hydrogen-bond acceptors (Lipinski definition) is 3. The summed E-state index contributed by atoms with van der Waals surface area (Å²) >= 11 is 3.16. The highest BCUT2D eigenvalue weighted by molar-refractivity contribution is 9.09. The summed E-state index contributed by atoms with van der Waals surface area (Å²) in [6.45, 7) is 0.182. The zero-order valence-corrected chi connectivity index (χ0v) is 10.6. The molecule has 2 rings (SSSR count). The van der Waals surface area contributed by atoms with Crippen molar-refractivity contribution in [2.75, 3.05) is 11.9 Å². The summed E-state index contributed by atoms with van der Waals surface area (Å²) in [7, 11) is 0. The molecule has 0 saturated heterocycles. The summed E-state index contributed by atoms with van der Waals surface area (Å²) in [6.07, 6.45) is 0.951. The Morgan fingerprint density at radius 2 is 2.06 bits per heavy atom. The summed E-state index contributed by atoms with van der Waals surface area (Å²) in [5.41, 5.74) is -0.144. The van der Waals surface area contributed by atoms with Crippen molar-refractivity contribution < 1.29 is 9.84 Å². The van der Waals surface area contributed by atoms with E-state index in [-0.39, 0.29) is 12.2 Å². The number of H-pyrrole nitrogens is 1. The van der Waals surface area contributed by atoms with Gasteiger partial charge in [-0.15, -0.1) is 0 Å². The third-order valence-corrected chi connectivity index (χ3v) is 3.13. The lowest BCUT2D eigenvalue weighted by molar-refractivity contribution is 0.128. The van der Waals surface area contributed by atoms with E-state index in [4.69, 9.17) is 4.74 Å². The van der Waals surface area contributed by atoms with Crippen molar-refractivity contribution in [1.82, 2.24) is 4.98 Å². The maximum Gasteiger partial charge on any atom is 0.256 e. The predicted molar refractivity (Wildman–Crippen MR) is 69.9 cm³/mol. The standard InChI is InChI=1S/C12H12BrNO3/c13-5-8(15)7-17-11-6-14-12(16)10-4-2-1-3-9(10)11/h1-4,6,8,15H,5,7H2,(H,14,16). The fourth-order valence-electron chi connectivity index (χ4n) is 1.53. The van der Waals surface area contributed by atoms with Gasteiger partial charge in [0.25, 0.3) is 5.56 Å². The molecule has 0 spiro atoms. The first-order chi connectivity index (χ1) is 8.22. The molecule has 1 unspecified atom stereocenters. The predicted octanol–water partition coefficient (Wildman–Crippen LogP) is 1.66. The van der Waals surface area contributed by atoms with Crippen LogP contribution >= 0.6 is 15.9 Å². The van der Waals surface area contributed by atoms with Gasteiger partial charge in [-0.1, -0.05) is 34.1 Å². The Labute approximate surface area is 106 Å². The highest BCUT2D eigenvalue weighted by Gasteiger charge is 2.07. The number of halogens is 1. The third-order valence-electron chi connectivity index (χ3n) is 2.38. The second-order valence-corrected chi connectivity index (χ2v) is 4.29. The second-order valence-electron chi connectivity index (χ2n) is 3.65. The van der Waals surface area contributed by atoms with E-state index in [2.05, 4.69) is 20.9 Å². The monoisotopic (exact) mass is 297 g/mol. The number of aromatic nitrogens is 1. The number of benzene rings is 1. The maximum absolute atomic E-state index is 11.6. The van der Waals surface area contributed by atoms with Gasteiger partial charge in [0.15, 0.2) is 0 Å². The van der Waals surface area contributed by atoms with Gasteiger partial charge in [0.1, 0.15) is 12.4 Å². The van der Waals surface area contributed by atoms with E-state index < -0.39 is 6.10 Å². The molecule has 0 aliphatic carbocycles. The van der Waals surface area contributed by atoms with E-state index in [0.29, 0.717) is 16.5 Å². The number of alkyl halides is 1. The van der Waals surface area contributed by atoms with Gasteiger partial charge in [-0.2, -0.15) is 0 Å². The van der Waals surface area contributed by atoms with Crippen LogP contribution in [0.1, 0.15) is 0 Å². The van der Waals surface area contributed by atoms with E-state index in [1.165, 1.54) is 6.20 Å². The number of hydrogen-bond donors (Lipinski definition) is 2. The van der Waals surface area contributed by atoms with Crippen molar-refractivity contribution in [3.05, 3.63) is 40.8 Å². The molecule has 0 amide bonds. The summed E-state index contributed by atoms with van der Waals surface area (Å²) in [4.78, 5) is 14.2. The summed E-state index contributed by atoms with van der Waals surface area (Å²) in [6, 6.07) is 7.20. The third kappa shape index (κ3) is 2.68. The Hall–Kier alpha value is -1.33. The molecule has 5 heteroatoms. The fraction of sp³-hybridized carbons (Fsp3) is 0.250. The molecule has 17 heavy (non-hydrogen) atoms. The Morgan fingerprint density at radius 3 is 2.76 bits per heavy atom. The normalized spacial score (nSPS) is 12.6. The van der Waals surface area contributed by atoms with E-state index in [1.54, 1.807) is 12.1 Å². The Balaban J connectivity index is 2.35. The quantitative estimate of drug-likeness (QED) is 0.844. The molecule has 4 nitrogen and oxygen atoms in total. The molecule has 0 aliphatic heterocycles.